The number of halogens is 4. The molecular formula is C11H11F4NO2. The van der Waals surface area contributed by atoms with Gasteiger partial charge in [0.15, 0.2) is 17.3 Å². The highest BCUT2D eigenvalue weighted by Gasteiger charge is 2.26. The average molecular weight is 265 g/mol. The van der Waals surface area contributed by atoms with Crippen molar-refractivity contribution in [3.63, 3.8) is 0 Å². The van der Waals surface area contributed by atoms with Gasteiger partial charge < -0.3 is 10.1 Å². The topological polar surface area (TPSA) is 38.3 Å². The number of carbonyl (C=O) groups excluding carboxylic acids is 1. The molecule has 0 aliphatic carbocycles. The summed E-state index contributed by atoms with van der Waals surface area (Å²) in [6.07, 6.45) is -4.38. The van der Waals surface area contributed by atoms with E-state index in [1.807, 2.05) is 5.32 Å². The third kappa shape index (κ3) is 4.33. The number of nitrogens with one attached hydrogen (secondary N) is 1. The highest BCUT2D eigenvalue weighted by molar-refractivity contribution is 5.97. The van der Waals surface area contributed by atoms with Crippen molar-refractivity contribution in [2.24, 2.45) is 0 Å². The fourth-order valence-electron chi connectivity index (χ4n) is 1.26. The summed E-state index contributed by atoms with van der Waals surface area (Å²) < 4.78 is 53.4. The predicted octanol–water partition coefficient (Wildman–Crippen LogP) is 2.17. The molecule has 3 nitrogen and oxygen atoms in total. The van der Waals surface area contributed by atoms with Crippen LogP contribution in [0.4, 0.5) is 17.6 Å². The minimum Gasteiger partial charge on any atom is -0.494 e. The second-order valence-corrected chi connectivity index (χ2v) is 3.49. The van der Waals surface area contributed by atoms with Crippen LogP contribution in [-0.4, -0.2) is 32.2 Å². The van der Waals surface area contributed by atoms with Crippen molar-refractivity contribution in [2.45, 2.75) is 6.18 Å². The molecule has 0 heterocycles. The van der Waals surface area contributed by atoms with Crippen molar-refractivity contribution in [3.05, 3.63) is 29.6 Å². The van der Waals surface area contributed by atoms with Gasteiger partial charge in [0.1, 0.15) is 0 Å². The highest BCUT2D eigenvalue weighted by atomic mass is 19.4. The summed E-state index contributed by atoms with van der Waals surface area (Å²) in [6, 6.07) is 3.46. The molecule has 1 rings (SSSR count). The lowest BCUT2D eigenvalue weighted by atomic mass is 10.1. The van der Waals surface area contributed by atoms with Crippen LogP contribution in [-0.2, 0) is 0 Å². The first-order chi connectivity index (χ1) is 8.33. The van der Waals surface area contributed by atoms with E-state index in [1.54, 1.807) is 0 Å². The Bertz CT molecular complexity index is 432. The van der Waals surface area contributed by atoms with E-state index in [4.69, 9.17) is 0 Å². The van der Waals surface area contributed by atoms with Crippen LogP contribution in [0.3, 0.4) is 0 Å². The normalized spacial score (nSPS) is 11.4. The second kappa shape index (κ2) is 5.81. The summed E-state index contributed by atoms with van der Waals surface area (Å²) in [6.45, 7) is -1.78. The van der Waals surface area contributed by atoms with Crippen LogP contribution >= 0.6 is 0 Å². The molecule has 0 saturated carbocycles. The number of hydrogen-bond donors (Lipinski definition) is 1. The first-order valence-corrected chi connectivity index (χ1v) is 4.97. The summed E-state index contributed by atoms with van der Waals surface area (Å²) in [7, 11) is 1.27. The molecule has 0 aliphatic heterocycles. The quantitative estimate of drug-likeness (QED) is 0.655. The molecule has 1 aromatic rings. The number of benzene rings is 1. The van der Waals surface area contributed by atoms with Crippen LogP contribution in [0.5, 0.6) is 5.75 Å². The summed E-state index contributed by atoms with van der Waals surface area (Å²) in [5.74, 6) is -1.39. The fourth-order valence-corrected chi connectivity index (χ4v) is 1.26. The molecule has 100 valence electrons. The van der Waals surface area contributed by atoms with Gasteiger partial charge in [0.2, 0.25) is 0 Å². The van der Waals surface area contributed by atoms with Gasteiger partial charge in [-0.3, -0.25) is 4.79 Å². The highest BCUT2D eigenvalue weighted by Crippen LogP contribution is 2.18. The lowest BCUT2D eigenvalue weighted by Gasteiger charge is -2.08. The van der Waals surface area contributed by atoms with Crippen molar-refractivity contribution in [1.82, 2.24) is 5.32 Å². The largest absolute Gasteiger partial charge is 0.494 e. The molecule has 0 spiro atoms. The molecule has 7 heteroatoms. The molecule has 0 amide bonds. The van der Waals surface area contributed by atoms with Crippen LogP contribution < -0.4 is 10.1 Å². The van der Waals surface area contributed by atoms with Gasteiger partial charge in [-0.2, -0.15) is 13.2 Å². The molecular weight excluding hydrogens is 254 g/mol. The smallest absolute Gasteiger partial charge is 0.401 e. The maximum Gasteiger partial charge on any atom is 0.401 e. The maximum absolute atomic E-state index is 13.2. The van der Waals surface area contributed by atoms with Crippen molar-refractivity contribution in [3.8, 4) is 5.75 Å². The van der Waals surface area contributed by atoms with Crippen LogP contribution in [0, 0.1) is 5.82 Å². The van der Waals surface area contributed by atoms with Crippen molar-refractivity contribution < 1.29 is 27.1 Å². The van der Waals surface area contributed by atoms with Gasteiger partial charge >= 0.3 is 6.18 Å². The number of carbonyl (C=O) groups is 1. The molecule has 0 saturated heterocycles. The van der Waals surface area contributed by atoms with Gasteiger partial charge in [0.05, 0.1) is 20.2 Å². The number of Topliss-reactive ketones (excluding diaryl/α,β-unsaturated/α-hetero) is 1. The van der Waals surface area contributed by atoms with Gasteiger partial charge in [-0.1, -0.05) is 0 Å². The zero-order valence-electron chi connectivity index (χ0n) is 9.47. The minimum absolute atomic E-state index is 0.0111. The standard InChI is InChI=1S/C11H11F4NO2/c1-18-10-3-2-7(4-8(10)12)9(17)5-16-6-11(13,14)15/h2-4,16H,5-6H2,1H3. The Morgan fingerprint density at radius 1 is 1.39 bits per heavy atom. The molecule has 0 unspecified atom stereocenters. The van der Waals surface area contributed by atoms with Crippen LogP contribution in [0.2, 0.25) is 0 Å². The molecule has 1 aromatic carbocycles. The maximum atomic E-state index is 13.2. The number of ketones is 1. The van der Waals surface area contributed by atoms with E-state index in [9.17, 15) is 22.4 Å². The SMILES string of the molecule is COc1ccc(C(=O)CNCC(F)(F)F)cc1F. The number of ether oxygens (including phenoxy) is 1. The predicted molar refractivity (Wildman–Crippen MR) is 56.2 cm³/mol. The Hall–Kier alpha value is -1.63. The van der Waals surface area contributed by atoms with Crippen LogP contribution in [0.15, 0.2) is 18.2 Å². The van der Waals surface area contributed by atoms with E-state index in [2.05, 4.69) is 4.74 Å². The Kier molecular flexibility index (Phi) is 4.66. The fraction of sp³-hybridized carbons (Fsp3) is 0.364. The van der Waals surface area contributed by atoms with Crippen molar-refractivity contribution >= 4 is 5.78 Å². The Labute approximate surface area is 101 Å². The summed E-state index contributed by atoms with van der Waals surface area (Å²) in [5.41, 5.74) is -0.0111. The molecule has 0 aliphatic rings. The lowest BCUT2D eigenvalue weighted by molar-refractivity contribution is -0.124. The van der Waals surface area contributed by atoms with Gasteiger partial charge in [-0.15, -0.1) is 0 Å². The molecule has 0 fully saturated rings. The molecule has 1 N–H and O–H groups in total. The van der Waals surface area contributed by atoms with Gasteiger partial charge in [0.25, 0.3) is 0 Å². The number of methoxy groups -OCH3 is 1. The van der Waals surface area contributed by atoms with E-state index in [0.29, 0.717) is 0 Å². The summed E-state index contributed by atoms with van der Waals surface area (Å²) in [4.78, 5) is 11.4. The zero-order valence-corrected chi connectivity index (χ0v) is 9.47. The molecule has 0 aromatic heterocycles. The lowest BCUT2D eigenvalue weighted by Crippen LogP contribution is -2.32. The Balaban J connectivity index is 2.59. The van der Waals surface area contributed by atoms with Crippen molar-refractivity contribution in [1.29, 1.82) is 0 Å². The van der Waals surface area contributed by atoms with Crippen LogP contribution in [0.1, 0.15) is 10.4 Å². The van der Waals surface area contributed by atoms with Crippen LogP contribution in [0.25, 0.3) is 0 Å². The Morgan fingerprint density at radius 3 is 2.56 bits per heavy atom. The molecule has 0 radical (unpaired) electrons. The Morgan fingerprint density at radius 2 is 2.06 bits per heavy atom. The van der Waals surface area contributed by atoms with E-state index >= 15 is 0 Å². The molecule has 0 atom stereocenters. The third-order valence-electron chi connectivity index (χ3n) is 2.08. The van der Waals surface area contributed by atoms with Crippen molar-refractivity contribution in [2.75, 3.05) is 20.2 Å². The number of rotatable bonds is 5. The molecule has 0 bridgehead atoms. The average Bonchev–Trinajstić information content (AvgIpc) is 2.27. The van der Waals surface area contributed by atoms with E-state index < -0.39 is 30.9 Å². The monoisotopic (exact) mass is 265 g/mol. The second-order valence-electron chi connectivity index (χ2n) is 3.49. The minimum atomic E-state index is -4.38. The first-order valence-electron chi connectivity index (χ1n) is 4.97. The van der Waals surface area contributed by atoms with E-state index in [-0.39, 0.29) is 11.3 Å². The first kappa shape index (κ1) is 14.4. The van der Waals surface area contributed by atoms with Gasteiger partial charge in [-0.05, 0) is 18.2 Å². The van der Waals surface area contributed by atoms with Gasteiger partial charge in [-0.25, -0.2) is 4.39 Å². The summed E-state index contributed by atoms with van der Waals surface area (Å²) in [5, 5.41) is 1.94. The van der Waals surface area contributed by atoms with E-state index in [1.165, 1.54) is 19.2 Å². The molecule has 18 heavy (non-hydrogen) atoms. The number of hydrogen-bond acceptors (Lipinski definition) is 3. The third-order valence-corrected chi connectivity index (χ3v) is 2.08. The van der Waals surface area contributed by atoms with Gasteiger partial charge in [0, 0.05) is 5.56 Å². The summed E-state index contributed by atoms with van der Waals surface area (Å²) >= 11 is 0. The number of alkyl halides is 3. The van der Waals surface area contributed by atoms with E-state index in [0.717, 1.165) is 6.07 Å². The zero-order chi connectivity index (χ0) is 13.8.